The van der Waals surface area contributed by atoms with Gasteiger partial charge < -0.3 is 4.74 Å². The topological polar surface area (TPSA) is 43.4 Å². The zero-order valence-electron chi connectivity index (χ0n) is 19.9. The Morgan fingerprint density at radius 3 is 1.90 bits per heavy atom. The van der Waals surface area contributed by atoms with Gasteiger partial charge in [-0.2, -0.15) is 0 Å². The molecule has 0 saturated heterocycles. The quantitative estimate of drug-likeness (QED) is 0.305. The van der Waals surface area contributed by atoms with Crippen LogP contribution < -0.4 is 0 Å². The van der Waals surface area contributed by atoms with Crippen molar-refractivity contribution in [2.75, 3.05) is 0 Å². The van der Waals surface area contributed by atoms with Gasteiger partial charge in [-0.05, 0) is 53.5 Å². The van der Waals surface area contributed by atoms with E-state index >= 15 is 0 Å². The molecule has 0 spiro atoms. The summed E-state index contributed by atoms with van der Waals surface area (Å²) in [6.07, 6.45) is 1.98. The van der Waals surface area contributed by atoms with Crippen molar-refractivity contribution in [3.05, 3.63) is 76.9 Å². The largest absolute Gasteiger partial charge is 0.444 e. The molecule has 2 atom stereocenters. The van der Waals surface area contributed by atoms with E-state index in [1.165, 1.54) is 5.56 Å². The number of hydrogen-bond donors (Lipinski definition) is 0. The van der Waals surface area contributed by atoms with Crippen LogP contribution in [0.4, 0.5) is 0 Å². The molecule has 0 aliphatic heterocycles. The Labute approximate surface area is 190 Å². The minimum Gasteiger partial charge on any atom is -0.444 e. The molecule has 2 rings (SSSR count). The van der Waals surface area contributed by atoms with Gasteiger partial charge in [-0.25, -0.2) is 4.79 Å². The van der Waals surface area contributed by atoms with Crippen LogP contribution in [0.15, 0.2) is 53.9 Å². The van der Waals surface area contributed by atoms with E-state index < -0.39 is 22.2 Å². The SMILES string of the molecule is C=CC[C@@H](OC(=O)c1c(C(C)C)cc(C(C)C)cc1C(C)C)[S@](=O)c1ccc(C)cc1. The first-order valence-electron chi connectivity index (χ1n) is 11.0. The Hall–Kier alpha value is -2.20. The highest BCUT2D eigenvalue weighted by Crippen LogP contribution is 2.33. The monoisotopic (exact) mass is 440 g/mol. The first kappa shape index (κ1) is 25.1. The maximum absolute atomic E-state index is 13.5. The summed E-state index contributed by atoms with van der Waals surface area (Å²) in [7, 11) is -1.48. The molecule has 168 valence electrons. The minimum absolute atomic E-state index is 0.166. The van der Waals surface area contributed by atoms with Gasteiger partial charge in [0.2, 0.25) is 0 Å². The molecule has 0 fully saturated rings. The van der Waals surface area contributed by atoms with Crippen LogP contribution >= 0.6 is 0 Å². The highest BCUT2D eigenvalue weighted by atomic mass is 32.2. The Morgan fingerprint density at radius 2 is 1.48 bits per heavy atom. The lowest BCUT2D eigenvalue weighted by Gasteiger charge is -2.23. The van der Waals surface area contributed by atoms with E-state index in [4.69, 9.17) is 4.74 Å². The van der Waals surface area contributed by atoms with E-state index in [0.717, 1.165) is 16.7 Å². The maximum atomic E-state index is 13.5. The standard InChI is InChI=1S/C27H36O3S/c1-9-10-25(31(29)22-13-11-20(8)12-14-22)30-27(28)26-23(18(4)5)15-21(17(2)3)16-24(26)19(6)7/h9,11-19,25H,1,10H2,2-8H3/t25-,31+/m0/s1. The van der Waals surface area contributed by atoms with Crippen molar-refractivity contribution in [1.29, 1.82) is 0 Å². The molecule has 31 heavy (non-hydrogen) atoms. The van der Waals surface area contributed by atoms with E-state index in [9.17, 15) is 9.00 Å². The first-order valence-corrected chi connectivity index (χ1v) is 12.2. The average molecular weight is 441 g/mol. The smallest absolute Gasteiger partial charge is 0.339 e. The number of benzene rings is 2. The predicted molar refractivity (Wildman–Crippen MR) is 130 cm³/mol. The highest BCUT2D eigenvalue weighted by molar-refractivity contribution is 7.85. The van der Waals surface area contributed by atoms with Crippen LogP contribution in [0.2, 0.25) is 0 Å². The molecular weight excluding hydrogens is 404 g/mol. The van der Waals surface area contributed by atoms with Gasteiger partial charge in [0.25, 0.3) is 0 Å². The van der Waals surface area contributed by atoms with Gasteiger partial charge in [0.05, 0.1) is 16.4 Å². The fourth-order valence-corrected chi connectivity index (χ4v) is 4.70. The van der Waals surface area contributed by atoms with Gasteiger partial charge in [-0.1, -0.05) is 77.4 Å². The average Bonchev–Trinajstić information content (AvgIpc) is 2.72. The molecule has 0 aliphatic rings. The maximum Gasteiger partial charge on any atom is 0.339 e. The van der Waals surface area contributed by atoms with Gasteiger partial charge in [0.15, 0.2) is 5.44 Å². The Bertz CT molecular complexity index is 910. The van der Waals surface area contributed by atoms with Crippen molar-refractivity contribution in [2.45, 2.75) is 83.0 Å². The van der Waals surface area contributed by atoms with Crippen LogP contribution in [0.5, 0.6) is 0 Å². The van der Waals surface area contributed by atoms with Crippen molar-refractivity contribution >= 4 is 16.8 Å². The molecule has 4 heteroatoms. The predicted octanol–water partition coefficient (Wildman–Crippen LogP) is 7.23. The molecule has 3 nitrogen and oxygen atoms in total. The molecule has 0 unspecified atom stereocenters. The van der Waals surface area contributed by atoms with Crippen LogP contribution in [0.25, 0.3) is 0 Å². The summed E-state index contributed by atoms with van der Waals surface area (Å²) in [5.74, 6) is 0.288. The van der Waals surface area contributed by atoms with Crippen molar-refractivity contribution in [3.63, 3.8) is 0 Å². The van der Waals surface area contributed by atoms with Gasteiger partial charge in [0.1, 0.15) is 0 Å². The van der Waals surface area contributed by atoms with Crippen molar-refractivity contribution < 1.29 is 13.7 Å². The second-order valence-electron chi connectivity index (χ2n) is 9.01. The summed E-state index contributed by atoms with van der Waals surface area (Å²) in [6, 6.07) is 11.7. The number of rotatable bonds is 9. The van der Waals surface area contributed by atoms with Crippen LogP contribution in [-0.2, 0) is 15.5 Å². The summed E-state index contributed by atoms with van der Waals surface area (Å²) >= 11 is 0. The Kier molecular flexibility index (Phi) is 8.81. The van der Waals surface area contributed by atoms with Crippen molar-refractivity contribution in [3.8, 4) is 0 Å². The zero-order chi connectivity index (χ0) is 23.3. The van der Waals surface area contributed by atoms with Gasteiger partial charge >= 0.3 is 5.97 Å². The number of carbonyl (C=O) groups is 1. The molecule has 0 aliphatic carbocycles. The van der Waals surface area contributed by atoms with E-state index in [-0.39, 0.29) is 11.8 Å². The van der Waals surface area contributed by atoms with Crippen molar-refractivity contribution in [2.24, 2.45) is 0 Å². The van der Waals surface area contributed by atoms with Gasteiger partial charge in [0, 0.05) is 11.3 Å². The molecule has 0 N–H and O–H groups in total. The Balaban J connectivity index is 2.48. The van der Waals surface area contributed by atoms with E-state index in [2.05, 4.69) is 60.3 Å². The molecule has 0 amide bonds. The number of carbonyl (C=O) groups excluding carboxylic acids is 1. The van der Waals surface area contributed by atoms with Crippen LogP contribution in [0, 0.1) is 6.92 Å². The summed E-state index contributed by atoms with van der Waals surface area (Å²) in [4.78, 5) is 14.1. The second kappa shape index (κ2) is 10.9. The fourth-order valence-electron chi connectivity index (χ4n) is 3.51. The van der Waals surface area contributed by atoms with E-state index in [1.807, 2.05) is 31.2 Å². The van der Waals surface area contributed by atoms with Crippen LogP contribution in [0.3, 0.4) is 0 Å². The molecule has 2 aromatic carbocycles. The third-order valence-corrected chi connectivity index (χ3v) is 6.93. The molecule has 0 aromatic heterocycles. The lowest BCUT2D eigenvalue weighted by Crippen LogP contribution is -2.25. The zero-order valence-corrected chi connectivity index (χ0v) is 20.7. The third-order valence-electron chi connectivity index (χ3n) is 5.43. The van der Waals surface area contributed by atoms with Crippen molar-refractivity contribution in [1.82, 2.24) is 0 Å². The number of hydrogen-bond acceptors (Lipinski definition) is 3. The molecular formula is C27H36O3S. The van der Waals surface area contributed by atoms with Gasteiger partial charge in [-0.3, -0.25) is 4.21 Å². The summed E-state index contributed by atoms with van der Waals surface area (Å²) in [5.41, 5.74) is 4.11. The fraction of sp³-hybridized carbons (Fsp3) is 0.444. The number of esters is 1. The highest BCUT2D eigenvalue weighted by Gasteiger charge is 2.28. The van der Waals surface area contributed by atoms with Crippen LogP contribution in [-0.4, -0.2) is 15.6 Å². The molecule has 0 heterocycles. The normalized spacial score (nSPS) is 13.5. The number of ether oxygens (including phenoxy) is 1. The Morgan fingerprint density at radius 1 is 0.968 bits per heavy atom. The molecule has 0 radical (unpaired) electrons. The van der Waals surface area contributed by atoms with Crippen LogP contribution in [0.1, 0.15) is 98.3 Å². The lowest BCUT2D eigenvalue weighted by molar-refractivity contribution is 0.0452. The summed E-state index contributed by atoms with van der Waals surface area (Å²) < 4.78 is 19.1. The molecule has 0 saturated carbocycles. The summed E-state index contributed by atoms with van der Waals surface area (Å²) in [6.45, 7) is 18.4. The summed E-state index contributed by atoms with van der Waals surface area (Å²) in [5, 5.41) is 0. The minimum atomic E-state index is -1.48. The molecule has 2 aromatic rings. The second-order valence-corrected chi connectivity index (χ2v) is 10.6. The lowest BCUT2D eigenvalue weighted by atomic mass is 9.84. The molecule has 0 bridgehead atoms. The first-order chi connectivity index (χ1) is 14.6. The van der Waals surface area contributed by atoms with Gasteiger partial charge in [-0.15, -0.1) is 6.58 Å². The van der Waals surface area contributed by atoms with E-state index in [0.29, 0.717) is 22.8 Å². The number of aryl methyl sites for hydroxylation is 1. The third kappa shape index (κ3) is 6.16. The van der Waals surface area contributed by atoms with E-state index in [1.54, 1.807) is 6.08 Å².